The summed E-state index contributed by atoms with van der Waals surface area (Å²) in [5.74, 6) is 0.434. The van der Waals surface area contributed by atoms with Crippen molar-refractivity contribution in [1.82, 2.24) is 0 Å². The second kappa shape index (κ2) is 3.16. The highest BCUT2D eigenvalue weighted by atomic mass is 14.3. The predicted octanol–water partition coefficient (Wildman–Crippen LogP) is 4.76. The van der Waals surface area contributed by atoms with Gasteiger partial charge in [0.05, 0.1) is 5.39 Å². The fraction of sp³-hybridized carbons (Fsp3) is 0.0526. The zero-order valence-corrected chi connectivity index (χ0v) is 10.4. The monoisotopic (exact) mass is 240 g/mol. The van der Waals surface area contributed by atoms with Gasteiger partial charge in [-0.15, -0.1) is 30.2 Å². The van der Waals surface area contributed by atoms with Crippen molar-refractivity contribution < 1.29 is 0 Å². The highest BCUT2D eigenvalue weighted by Gasteiger charge is 2.26. The Morgan fingerprint density at radius 1 is 0.895 bits per heavy atom. The summed E-state index contributed by atoms with van der Waals surface area (Å²) in [5, 5.41) is 5.60. The molecule has 0 aliphatic heterocycles. The van der Waals surface area contributed by atoms with E-state index in [9.17, 15) is 0 Å². The summed E-state index contributed by atoms with van der Waals surface area (Å²) in [5.41, 5.74) is 4.24. The minimum atomic E-state index is 0.434. The summed E-state index contributed by atoms with van der Waals surface area (Å²) in [6.07, 6.45) is 9.11. The molecular formula is C19H12. The van der Waals surface area contributed by atoms with Crippen LogP contribution < -0.4 is 0 Å². The molecule has 19 heavy (non-hydrogen) atoms. The Morgan fingerprint density at radius 2 is 1.74 bits per heavy atom. The third-order valence-corrected chi connectivity index (χ3v) is 4.42. The summed E-state index contributed by atoms with van der Waals surface area (Å²) in [6, 6.07) is 15.6. The van der Waals surface area contributed by atoms with Crippen LogP contribution in [0.3, 0.4) is 0 Å². The first-order valence-electron chi connectivity index (χ1n) is 6.76. The van der Waals surface area contributed by atoms with Gasteiger partial charge in [-0.05, 0) is 23.6 Å². The molecule has 3 aromatic carbocycles. The molecule has 0 amide bonds. The van der Waals surface area contributed by atoms with E-state index in [1.807, 2.05) is 0 Å². The SMILES string of the molecule is C1=CC2[CH+]c3cccc4ccc5ccc(c2c5c34)[CH-]1. The van der Waals surface area contributed by atoms with E-state index in [0.717, 1.165) is 0 Å². The summed E-state index contributed by atoms with van der Waals surface area (Å²) < 4.78 is 0. The van der Waals surface area contributed by atoms with Crippen molar-refractivity contribution in [2.24, 2.45) is 0 Å². The topological polar surface area (TPSA) is 0 Å². The third-order valence-electron chi connectivity index (χ3n) is 4.42. The quantitative estimate of drug-likeness (QED) is 0.392. The van der Waals surface area contributed by atoms with E-state index in [2.05, 4.69) is 67.5 Å². The molecule has 0 radical (unpaired) electrons. The van der Waals surface area contributed by atoms with Gasteiger partial charge in [-0.25, -0.2) is 0 Å². The summed E-state index contributed by atoms with van der Waals surface area (Å²) >= 11 is 0. The van der Waals surface area contributed by atoms with Gasteiger partial charge in [-0.1, -0.05) is 17.7 Å². The molecule has 0 saturated carbocycles. The number of hydrogen-bond donors (Lipinski definition) is 0. The van der Waals surface area contributed by atoms with E-state index in [1.54, 1.807) is 0 Å². The standard InChI is InChI=1S/C19H12/c1-3-12-7-9-14-10-8-13-4-2-6-16-11-15(5-1)17(12)19(14)18(13)16/h1-11,15H. The van der Waals surface area contributed by atoms with Crippen molar-refractivity contribution in [3.8, 4) is 0 Å². The first-order valence-corrected chi connectivity index (χ1v) is 6.76. The molecule has 0 heterocycles. The minimum Gasteiger partial charge on any atom is -0.147 e. The molecule has 0 fully saturated rings. The van der Waals surface area contributed by atoms with Gasteiger partial charge in [0.25, 0.3) is 0 Å². The van der Waals surface area contributed by atoms with E-state index in [4.69, 9.17) is 0 Å². The van der Waals surface area contributed by atoms with Crippen LogP contribution in [0.2, 0.25) is 0 Å². The number of benzene rings is 3. The smallest absolute Gasteiger partial charge is 0.136 e. The van der Waals surface area contributed by atoms with Crippen LogP contribution in [0.25, 0.3) is 21.5 Å². The van der Waals surface area contributed by atoms with Crippen molar-refractivity contribution in [3.63, 3.8) is 0 Å². The maximum Gasteiger partial charge on any atom is 0.136 e. The van der Waals surface area contributed by atoms with Crippen LogP contribution in [-0.4, -0.2) is 0 Å². The molecular weight excluding hydrogens is 228 g/mol. The molecule has 0 bridgehead atoms. The van der Waals surface area contributed by atoms with Gasteiger partial charge in [-0.3, -0.25) is 0 Å². The molecule has 0 saturated heterocycles. The van der Waals surface area contributed by atoms with Crippen molar-refractivity contribution in [1.29, 1.82) is 0 Å². The van der Waals surface area contributed by atoms with Crippen molar-refractivity contribution in [2.75, 3.05) is 0 Å². The predicted molar refractivity (Wildman–Crippen MR) is 80.1 cm³/mol. The lowest BCUT2D eigenvalue weighted by molar-refractivity contribution is 0.985. The van der Waals surface area contributed by atoms with Gasteiger partial charge in [0.2, 0.25) is 0 Å². The fourth-order valence-electron chi connectivity index (χ4n) is 3.62. The van der Waals surface area contributed by atoms with Crippen LogP contribution in [0.15, 0.2) is 54.6 Å². The second-order valence-corrected chi connectivity index (χ2v) is 5.42. The second-order valence-electron chi connectivity index (χ2n) is 5.42. The molecule has 1 unspecified atom stereocenters. The van der Waals surface area contributed by atoms with Crippen LogP contribution >= 0.6 is 0 Å². The molecule has 5 rings (SSSR count). The first kappa shape index (κ1) is 9.57. The molecule has 2 aliphatic rings. The largest absolute Gasteiger partial charge is 0.147 e. The van der Waals surface area contributed by atoms with Crippen LogP contribution in [0.1, 0.15) is 22.6 Å². The Bertz CT molecular complexity index is 868. The molecule has 0 heteroatoms. The van der Waals surface area contributed by atoms with E-state index in [-0.39, 0.29) is 0 Å². The Hall–Kier alpha value is -2.34. The maximum atomic E-state index is 2.40. The third kappa shape index (κ3) is 1.09. The van der Waals surface area contributed by atoms with Gasteiger partial charge in [0, 0.05) is 29.2 Å². The van der Waals surface area contributed by atoms with E-state index < -0.39 is 0 Å². The molecule has 2 aliphatic carbocycles. The summed E-state index contributed by atoms with van der Waals surface area (Å²) in [7, 11) is 0. The van der Waals surface area contributed by atoms with Gasteiger partial charge in [0.1, 0.15) is 5.56 Å². The Morgan fingerprint density at radius 3 is 2.68 bits per heavy atom. The number of hydrogen-bond acceptors (Lipinski definition) is 0. The highest BCUT2D eigenvalue weighted by Crippen LogP contribution is 2.45. The van der Waals surface area contributed by atoms with E-state index in [0.29, 0.717) is 5.92 Å². The zero-order chi connectivity index (χ0) is 12.4. The average Bonchev–Trinajstić information content (AvgIpc) is 2.47. The van der Waals surface area contributed by atoms with Crippen LogP contribution in [0.5, 0.6) is 0 Å². The van der Waals surface area contributed by atoms with Crippen LogP contribution in [-0.2, 0) is 0 Å². The Labute approximate surface area is 112 Å². The Kier molecular flexibility index (Phi) is 1.59. The normalized spacial score (nSPS) is 18.6. The van der Waals surface area contributed by atoms with Gasteiger partial charge in [-0.2, -0.15) is 0 Å². The van der Waals surface area contributed by atoms with E-state index >= 15 is 0 Å². The minimum absolute atomic E-state index is 0.434. The molecule has 1 atom stereocenters. The van der Waals surface area contributed by atoms with E-state index in [1.165, 1.54) is 38.2 Å². The van der Waals surface area contributed by atoms with Crippen molar-refractivity contribution >= 4 is 21.5 Å². The molecule has 0 aromatic heterocycles. The van der Waals surface area contributed by atoms with Gasteiger partial charge < -0.3 is 0 Å². The zero-order valence-electron chi connectivity index (χ0n) is 10.4. The first-order chi connectivity index (χ1) is 9.42. The number of rotatable bonds is 0. The van der Waals surface area contributed by atoms with Gasteiger partial charge in [0.15, 0.2) is 0 Å². The fourth-order valence-corrected chi connectivity index (χ4v) is 3.62. The summed E-state index contributed by atoms with van der Waals surface area (Å²) in [6.45, 7) is 0. The lowest BCUT2D eigenvalue weighted by Gasteiger charge is -2.30. The molecule has 3 aromatic rings. The van der Waals surface area contributed by atoms with Crippen molar-refractivity contribution in [3.05, 3.63) is 84.1 Å². The molecule has 88 valence electrons. The molecule has 0 nitrogen and oxygen atoms in total. The maximum absolute atomic E-state index is 2.40. The lowest BCUT2D eigenvalue weighted by atomic mass is 9.75. The van der Waals surface area contributed by atoms with Crippen LogP contribution in [0.4, 0.5) is 0 Å². The molecule has 0 spiro atoms. The Balaban J connectivity index is 2.13. The number of allylic oxidation sites excluding steroid dienone is 2. The van der Waals surface area contributed by atoms with Crippen molar-refractivity contribution in [2.45, 2.75) is 5.92 Å². The molecule has 0 N–H and O–H groups in total. The average molecular weight is 240 g/mol. The van der Waals surface area contributed by atoms with Crippen LogP contribution in [0, 0.1) is 12.8 Å². The summed E-state index contributed by atoms with van der Waals surface area (Å²) in [4.78, 5) is 0. The lowest BCUT2D eigenvalue weighted by Crippen LogP contribution is -2.10. The highest BCUT2D eigenvalue weighted by molar-refractivity contribution is 6.13. The van der Waals surface area contributed by atoms with Gasteiger partial charge >= 0.3 is 0 Å².